The SMILES string of the molecule is CCCOc1ccc(-c2nn(-c3ccccc3)cc2CN)cc1Cl.Cl. The number of aromatic nitrogens is 2. The fraction of sp³-hybridized carbons (Fsp3) is 0.211. The third-order valence-electron chi connectivity index (χ3n) is 3.70. The molecule has 0 saturated heterocycles. The van der Waals surface area contributed by atoms with Gasteiger partial charge in [-0.1, -0.05) is 36.7 Å². The van der Waals surface area contributed by atoms with Crippen molar-refractivity contribution < 1.29 is 4.74 Å². The molecule has 0 saturated carbocycles. The van der Waals surface area contributed by atoms with Gasteiger partial charge in [-0.15, -0.1) is 12.4 Å². The molecule has 3 rings (SSSR count). The molecule has 0 aliphatic rings. The maximum absolute atomic E-state index is 6.34. The molecule has 1 heterocycles. The Morgan fingerprint density at radius 2 is 1.92 bits per heavy atom. The summed E-state index contributed by atoms with van der Waals surface area (Å²) < 4.78 is 7.47. The van der Waals surface area contributed by atoms with Gasteiger partial charge in [0.2, 0.25) is 0 Å². The third kappa shape index (κ3) is 4.34. The number of hydrogen-bond donors (Lipinski definition) is 1. The van der Waals surface area contributed by atoms with Gasteiger partial charge in [0.25, 0.3) is 0 Å². The highest BCUT2D eigenvalue weighted by Gasteiger charge is 2.13. The summed E-state index contributed by atoms with van der Waals surface area (Å²) in [5, 5.41) is 5.27. The Morgan fingerprint density at radius 1 is 1.16 bits per heavy atom. The summed E-state index contributed by atoms with van der Waals surface area (Å²) in [4.78, 5) is 0. The van der Waals surface area contributed by atoms with Crippen LogP contribution in [0.3, 0.4) is 0 Å². The number of nitrogens with zero attached hydrogens (tertiary/aromatic N) is 2. The highest BCUT2D eigenvalue weighted by atomic mass is 35.5. The number of rotatable bonds is 6. The van der Waals surface area contributed by atoms with E-state index in [-0.39, 0.29) is 12.4 Å². The lowest BCUT2D eigenvalue weighted by Gasteiger charge is -2.08. The normalized spacial score (nSPS) is 10.4. The third-order valence-corrected chi connectivity index (χ3v) is 3.99. The molecule has 0 spiro atoms. The minimum atomic E-state index is 0. The zero-order valence-corrected chi connectivity index (χ0v) is 15.6. The van der Waals surface area contributed by atoms with Crippen LogP contribution in [0.4, 0.5) is 0 Å². The maximum atomic E-state index is 6.34. The molecule has 0 bridgehead atoms. The molecule has 132 valence electrons. The van der Waals surface area contributed by atoms with Crippen molar-refractivity contribution in [2.75, 3.05) is 6.61 Å². The van der Waals surface area contributed by atoms with Crippen LogP contribution in [0.5, 0.6) is 5.75 Å². The monoisotopic (exact) mass is 377 g/mol. The summed E-state index contributed by atoms with van der Waals surface area (Å²) in [6, 6.07) is 15.7. The van der Waals surface area contributed by atoms with Crippen molar-refractivity contribution >= 4 is 24.0 Å². The number of benzene rings is 2. The average Bonchev–Trinajstić information content (AvgIpc) is 3.06. The molecule has 3 aromatic rings. The van der Waals surface area contributed by atoms with Crippen molar-refractivity contribution in [3.05, 3.63) is 65.3 Å². The standard InChI is InChI=1S/C19H20ClN3O.ClH/c1-2-10-24-18-9-8-14(11-17(18)20)19-15(12-21)13-23(22-19)16-6-4-3-5-7-16;/h3-9,11,13H,2,10,12,21H2,1H3;1H. The van der Waals surface area contributed by atoms with E-state index in [9.17, 15) is 0 Å². The fourth-order valence-electron chi connectivity index (χ4n) is 2.49. The van der Waals surface area contributed by atoms with E-state index in [2.05, 4.69) is 6.92 Å². The maximum Gasteiger partial charge on any atom is 0.137 e. The van der Waals surface area contributed by atoms with Gasteiger partial charge in [-0.05, 0) is 36.8 Å². The smallest absolute Gasteiger partial charge is 0.137 e. The van der Waals surface area contributed by atoms with E-state index in [0.717, 1.165) is 28.9 Å². The topological polar surface area (TPSA) is 53.1 Å². The largest absolute Gasteiger partial charge is 0.492 e. The zero-order chi connectivity index (χ0) is 16.9. The summed E-state index contributed by atoms with van der Waals surface area (Å²) in [6.07, 6.45) is 2.90. The Hall–Kier alpha value is -2.01. The van der Waals surface area contributed by atoms with Crippen LogP contribution in [0.1, 0.15) is 18.9 Å². The summed E-state index contributed by atoms with van der Waals surface area (Å²) in [5.41, 5.74) is 9.63. The molecular weight excluding hydrogens is 357 g/mol. The Balaban J connectivity index is 0.00000225. The molecular formula is C19H21Cl2N3O. The van der Waals surface area contributed by atoms with E-state index in [1.165, 1.54) is 0 Å². The van der Waals surface area contributed by atoms with Crippen molar-refractivity contribution in [3.8, 4) is 22.7 Å². The van der Waals surface area contributed by atoms with Gasteiger partial charge in [-0.3, -0.25) is 0 Å². The first-order valence-electron chi connectivity index (χ1n) is 7.99. The quantitative estimate of drug-likeness (QED) is 0.666. The molecule has 0 fully saturated rings. The molecule has 25 heavy (non-hydrogen) atoms. The lowest BCUT2D eigenvalue weighted by molar-refractivity contribution is 0.317. The minimum absolute atomic E-state index is 0. The molecule has 0 unspecified atom stereocenters. The highest BCUT2D eigenvalue weighted by molar-refractivity contribution is 6.32. The molecule has 0 amide bonds. The predicted octanol–water partition coefficient (Wildman–Crippen LogP) is 4.86. The van der Waals surface area contributed by atoms with Crippen LogP contribution >= 0.6 is 24.0 Å². The van der Waals surface area contributed by atoms with Gasteiger partial charge in [-0.25, -0.2) is 4.68 Å². The van der Waals surface area contributed by atoms with E-state index >= 15 is 0 Å². The molecule has 6 heteroatoms. The van der Waals surface area contributed by atoms with Gasteiger partial charge in [0, 0.05) is 23.9 Å². The Bertz CT molecular complexity index is 819. The summed E-state index contributed by atoms with van der Waals surface area (Å²) >= 11 is 6.34. The number of nitrogens with two attached hydrogens (primary N) is 1. The van der Waals surface area contributed by atoms with Crippen LogP contribution in [0.15, 0.2) is 54.7 Å². The van der Waals surface area contributed by atoms with E-state index in [4.69, 9.17) is 27.2 Å². The molecule has 2 aromatic carbocycles. The highest BCUT2D eigenvalue weighted by Crippen LogP contribution is 2.31. The first-order valence-corrected chi connectivity index (χ1v) is 8.37. The van der Waals surface area contributed by atoms with Gasteiger partial charge in [0.1, 0.15) is 5.75 Å². The summed E-state index contributed by atoms with van der Waals surface area (Å²) in [6.45, 7) is 3.12. The number of para-hydroxylation sites is 1. The molecule has 1 aromatic heterocycles. The fourth-order valence-corrected chi connectivity index (χ4v) is 2.73. The van der Waals surface area contributed by atoms with Crippen LogP contribution < -0.4 is 10.5 Å². The van der Waals surface area contributed by atoms with Gasteiger partial charge in [0.05, 0.1) is 23.0 Å². The van der Waals surface area contributed by atoms with E-state index in [1.54, 1.807) is 0 Å². The second-order valence-corrected chi connectivity index (χ2v) is 5.89. The molecule has 0 atom stereocenters. The first kappa shape index (κ1) is 19.3. The predicted molar refractivity (Wildman–Crippen MR) is 105 cm³/mol. The Kier molecular flexibility index (Phi) is 6.88. The lowest BCUT2D eigenvalue weighted by atomic mass is 10.1. The van der Waals surface area contributed by atoms with Crippen LogP contribution in [-0.4, -0.2) is 16.4 Å². The molecule has 0 radical (unpaired) electrons. The second kappa shape index (κ2) is 8.90. The van der Waals surface area contributed by atoms with Crippen LogP contribution in [-0.2, 0) is 6.54 Å². The van der Waals surface area contributed by atoms with Crippen LogP contribution in [0.25, 0.3) is 16.9 Å². The lowest BCUT2D eigenvalue weighted by Crippen LogP contribution is -1.98. The minimum Gasteiger partial charge on any atom is -0.492 e. The van der Waals surface area contributed by atoms with Gasteiger partial charge in [-0.2, -0.15) is 5.10 Å². The van der Waals surface area contributed by atoms with Gasteiger partial charge in [0.15, 0.2) is 0 Å². The first-order chi connectivity index (χ1) is 11.7. The number of hydrogen-bond acceptors (Lipinski definition) is 3. The van der Waals surface area contributed by atoms with E-state index in [0.29, 0.717) is 23.9 Å². The number of ether oxygens (including phenoxy) is 1. The molecule has 0 aliphatic carbocycles. The second-order valence-electron chi connectivity index (χ2n) is 5.48. The average molecular weight is 378 g/mol. The van der Waals surface area contributed by atoms with Gasteiger partial charge >= 0.3 is 0 Å². The molecule has 0 aliphatic heterocycles. The van der Waals surface area contributed by atoms with Crippen molar-refractivity contribution in [1.29, 1.82) is 0 Å². The van der Waals surface area contributed by atoms with Gasteiger partial charge < -0.3 is 10.5 Å². The zero-order valence-electron chi connectivity index (χ0n) is 14.0. The van der Waals surface area contributed by atoms with E-state index in [1.807, 2.05) is 59.4 Å². The van der Waals surface area contributed by atoms with Crippen molar-refractivity contribution in [3.63, 3.8) is 0 Å². The van der Waals surface area contributed by atoms with Crippen LogP contribution in [0, 0.1) is 0 Å². The molecule has 4 nitrogen and oxygen atoms in total. The Morgan fingerprint density at radius 3 is 2.56 bits per heavy atom. The molecule has 2 N–H and O–H groups in total. The van der Waals surface area contributed by atoms with Crippen molar-refractivity contribution in [2.45, 2.75) is 19.9 Å². The Labute approximate surface area is 159 Å². The van der Waals surface area contributed by atoms with Crippen molar-refractivity contribution in [2.24, 2.45) is 5.73 Å². The van der Waals surface area contributed by atoms with E-state index < -0.39 is 0 Å². The summed E-state index contributed by atoms with van der Waals surface area (Å²) in [7, 11) is 0. The summed E-state index contributed by atoms with van der Waals surface area (Å²) in [5.74, 6) is 0.694. The van der Waals surface area contributed by atoms with Crippen molar-refractivity contribution in [1.82, 2.24) is 9.78 Å². The van der Waals surface area contributed by atoms with Crippen LogP contribution in [0.2, 0.25) is 5.02 Å². The number of halogens is 2.